The van der Waals surface area contributed by atoms with Crippen molar-refractivity contribution in [3.63, 3.8) is 0 Å². The first-order valence-corrected chi connectivity index (χ1v) is 5.92. The lowest BCUT2D eigenvalue weighted by molar-refractivity contribution is -0.135. The normalized spacial score (nSPS) is 17.8. The molecule has 0 spiro atoms. The molecule has 3 heteroatoms. The number of carbonyl (C=O) groups excluding carboxylic acids is 1. The van der Waals surface area contributed by atoms with Gasteiger partial charge in [0.1, 0.15) is 0 Å². The largest absolute Gasteiger partial charge is 0.462 e. The Balaban J connectivity index is 1.85. The smallest absolute Gasteiger partial charge is 0.335 e. The van der Waals surface area contributed by atoms with Gasteiger partial charge in [-0.05, 0) is 18.9 Å². The minimum atomic E-state index is -0.172. The molecule has 0 amide bonds. The SMILES string of the molecule is C/C(NCCc1ccccc1)=C1\CCOC1=O. The molecule has 1 heterocycles. The van der Waals surface area contributed by atoms with Crippen LogP contribution in [-0.2, 0) is 16.0 Å². The fourth-order valence-electron chi connectivity index (χ4n) is 1.92. The van der Waals surface area contributed by atoms with Crippen LogP contribution >= 0.6 is 0 Å². The number of rotatable bonds is 4. The number of carbonyl (C=O) groups is 1. The van der Waals surface area contributed by atoms with E-state index in [-0.39, 0.29) is 5.97 Å². The molecule has 1 aliphatic rings. The van der Waals surface area contributed by atoms with Crippen LogP contribution in [0.1, 0.15) is 18.9 Å². The molecule has 0 saturated carbocycles. The molecule has 17 heavy (non-hydrogen) atoms. The lowest BCUT2D eigenvalue weighted by Gasteiger charge is -2.08. The van der Waals surface area contributed by atoms with E-state index < -0.39 is 0 Å². The number of ether oxygens (including phenoxy) is 1. The van der Waals surface area contributed by atoms with E-state index in [0.29, 0.717) is 6.61 Å². The second-order valence-corrected chi connectivity index (χ2v) is 4.15. The highest BCUT2D eigenvalue weighted by atomic mass is 16.5. The molecule has 1 fully saturated rings. The topological polar surface area (TPSA) is 38.3 Å². The van der Waals surface area contributed by atoms with Crippen LogP contribution < -0.4 is 5.32 Å². The molecule has 0 radical (unpaired) electrons. The van der Waals surface area contributed by atoms with Crippen molar-refractivity contribution in [2.75, 3.05) is 13.2 Å². The summed E-state index contributed by atoms with van der Waals surface area (Å²) in [6.07, 6.45) is 1.68. The number of allylic oxidation sites excluding steroid dienone is 1. The van der Waals surface area contributed by atoms with Crippen molar-refractivity contribution >= 4 is 5.97 Å². The summed E-state index contributed by atoms with van der Waals surface area (Å²) >= 11 is 0. The van der Waals surface area contributed by atoms with Gasteiger partial charge in [0.15, 0.2) is 0 Å². The number of hydrogen-bond donors (Lipinski definition) is 1. The third-order valence-corrected chi connectivity index (χ3v) is 2.93. The summed E-state index contributed by atoms with van der Waals surface area (Å²) in [5, 5.41) is 3.28. The first kappa shape index (κ1) is 11.7. The van der Waals surface area contributed by atoms with Gasteiger partial charge in [-0.2, -0.15) is 0 Å². The summed E-state index contributed by atoms with van der Waals surface area (Å²) in [5.74, 6) is -0.172. The molecule has 90 valence electrons. The quantitative estimate of drug-likeness (QED) is 0.636. The van der Waals surface area contributed by atoms with E-state index in [1.165, 1.54) is 5.56 Å². The molecule has 0 atom stereocenters. The summed E-state index contributed by atoms with van der Waals surface area (Å²) in [7, 11) is 0. The van der Waals surface area contributed by atoms with E-state index >= 15 is 0 Å². The van der Waals surface area contributed by atoms with Crippen LogP contribution in [0.3, 0.4) is 0 Å². The molecule has 2 rings (SSSR count). The van der Waals surface area contributed by atoms with Crippen molar-refractivity contribution in [1.82, 2.24) is 5.32 Å². The first-order valence-electron chi connectivity index (χ1n) is 5.92. The van der Waals surface area contributed by atoms with Crippen LogP contribution in [0, 0.1) is 0 Å². The van der Waals surface area contributed by atoms with E-state index in [2.05, 4.69) is 17.4 Å². The van der Waals surface area contributed by atoms with E-state index in [0.717, 1.165) is 30.7 Å². The predicted molar refractivity (Wildman–Crippen MR) is 66.4 cm³/mol. The summed E-state index contributed by atoms with van der Waals surface area (Å²) in [6, 6.07) is 10.3. The average Bonchev–Trinajstić information content (AvgIpc) is 2.77. The number of cyclic esters (lactones) is 1. The highest BCUT2D eigenvalue weighted by Crippen LogP contribution is 2.15. The molecular weight excluding hydrogens is 214 g/mol. The van der Waals surface area contributed by atoms with Gasteiger partial charge in [-0.15, -0.1) is 0 Å². The Morgan fingerprint density at radius 2 is 2.12 bits per heavy atom. The molecule has 1 aromatic carbocycles. The van der Waals surface area contributed by atoms with Crippen molar-refractivity contribution < 1.29 is 9.53 Å². The lowest BCUT2D eigenvalue weighted by atomic mass is 10.1. The van der Waals surface area contributed by atoms with Gasteiger partial charge in [0, 0.05) is 18.7 Å². The van der Waals surface area contributed by atoms with Gasteiger partial charge < -0.3 is 10.1 Å². The molecule has 0 unspecified atom stereocenters. The number of nitrogens with one attached hydrogen (secondary N) is 1. The van der Waals surface area contributed by atoms with Crippen molar-refractivity contribution in [1.29, 1.82) is 0 Å². The minimum absolute atomic E-state index is 0.172. The molecule has 1 aliphatic heterocycles. The standard InChI is InChI=1S/C14H17NO2/c1-11(13-8-10-17-14(13)16)15-9-7-12-5-3-2-4-6-12/h2-6,15H,7-10H2,1H3/b13-11-. The van der Waals surface area contributed by atoms with Crippen LogP contribution in [-0.4, -0.2) is 19.1 Å². The Morgan fingerprint density at radius 3 is 2.76 bits per heavy atom. The monoisotopic (exact) mass is 231 g/mol. The zero-order valence-electron chi connectivity index (χ0n) is 10.0. The average molecular weight is 231 g/mol. The molecule has 0 aliphatic carbocycles. The third-order valence-electron chi connectivity index (χ3n) is 2.93. The van der Waals surface area contributed by atoms with E-state index in [4.69, 9.17) is 4.74 Å². The molecule has 3 nitrogen and oxygen atoms in total. The van der Waals surface area contributed by atoms with Crippen molar-refractivity contribution in [2.24, 2.45) is 0 Å². The number of benzene rings is 1. The minimum Gasteiger partial charge on any atom is -0.462 e. The zero-order valence-corrected chi connectivity index (χ0v) is 10.0. The molecule has 1 aromatic rings. The van der Waals surface area contributed by atoms with Crippen molar-refractivity contribution in [2.45, 2.75) is 19.8 Å². The van der Waals surface area contributed by atoms with Crippen LogP contribution in [0.15, 0.2) is 41.6 Å². The maximum absolute atomic E-state index is 11.3. The third kappa shape index (κ3) is 3.09. The molecule has 0 bridgehead atoms. The second-order valence-electron chi connectivity index (χ2n) is 4.15. The summed E-state index contributed by atoms with van der Waals surface area (Å²) in [6.45, 7) is 3.30. The van der Waals surface area contributed by atoms with Gasteiger partial charge in [-0.3, -0.25) is 0 Å². The Hall–Kier alpha value is -1.77. The van der Waals surface area contributed by atoms with Gasteiger partial charge in [0.25, 0.3) is 0 Å². The van der Waals surface area contributed by atoms with Gasteiger partial charge >= 0.3 is 5.97 Å². The highest BCUT2D eigenvalue weighted by molar-refractivity contribution is 5.90. The maximum Gasteiger partial charge on any atom is 0.335 e. The first-order chi connectivity index (χ1) is 8.27. The molecular formula is C14H17NO2. The van der Waals surface area contributed by atoms with E-state index in [1.807, 2.05) is 25.1 Å². The summed E-state index contributed by atoms with van der Waals surface area (Å²) in [5.41, 5.74) is 3.04. The van der Waals surface area contributed by atoms with Gasteiger partial charge in [0.05, 0.1) is 12.2 Å². The molecule has 1 N–H and O–H groups in total. The molecule has 0 aromatic heterocycles. The van der Waals surface area contributed by atoms with Crippen molar-refractivity contribution in [3.8, 4) is 0 Å². The second kappa shape index (κ2) is 5.53. The van der Waals surface area contributed by atoms with Gasteiger partial charge in [-0.25, -0.2) is 4.79 Å². The van der Waals surface area contributed by atoms with Crippen molar-refractivity contribution in [3.05, 3.63) is 47.2 Å². The van der Waals surface area contributed by atoms with Gasteiger partial charge in [-0.1, -0.05) is 30.3 Å². The maximum atomic E-state index is 11.3. The lowest BCUT2D eigenvalue weighted by Crippen LogP contribution is -2.17. The number of hydrogen-bond acceptors (Lipinski definition) is 3. The summed E-state index contributed by atoms with van der Waals surface area (Å²) < 4.78 is 4.91. The zero-order chi connectivity index (χ0) is 12.1. The summed E-state index contributed by atoms with van der Waals surface area (Å²) in [4.78, 5) is 11.3. The highest BCUT2D eigenvalue weighted by Gasteiger charge is 2.20. The predicted octanol–water partition coefficient (Wildman–Crippen LogP) is 2.04. The van der Waals surface area contributed by atoms with E-state index in [1.54, 1.807) is 0 Å². The van der Waals surface area contributed by atoms with Crippen LogP contribution in [0.25, 0.3) is 0 Å². The van der Waals surface area contributed by atoms with Crippen LogP contribution in [0.4, 0.5) is 0 Å². The fraction of sp³-hybridized carbons (Fsp3) is 0.357. The van der Waals surface area contributed by atoms with Gasteiger partial charge in [0.2, 0.25) is 0 Å². The molecule has 1 saturated heterocycles. The van der Waals surface area contributed by atoms with Crippen LogP contribution in [0.5, 0.6) is 0 Å². The Morgan fingerprint density at radius 1 is 1.35 bits per heavy atom. The van der Waals surface area contributed by atoms with Crippen LogP contribution in [0.2, 0.25) is 0 Å². The van der Waals surface area contributed by atoms with E-state index in [9.17, 15) is 4.79 Å². The Kier molecular flexibility index (Phi) is 3.81. The Bertz CT molecular complexity index is 423. The number of esters is 1. The Labute approximate surface area is 101 Å². The fourth-order valence-corrected chi connectivity index (χ4v) is 1.92.